The molecule has 7 nitrogen and oxygen atoms in total. The summed E-state index contributed by atoms with van der Waals surface area (Å²) < 4.78 is 44.0. The third-order valence-corrected chi connectivity index (χ3v) is 6.63. The van der Waals surface area contributed by atoms with Crippen molar-refractivity contribution in [2.24, 2.45) is 0 Å². The van der Waals surface area contributed by atoms with E-state index in [9.17, 15) is 22.7 Å². The summed E-state index contributed by atoms with van der Waals surface area (Å²) in [5, 5.41) is 12.5. The van der Waals surface area contributed by atoms with E-state index in [-0.39, 0.29) is 16.8 Å². The standard InChI is InChI=1S/C26H25FN2O5S/c1-15(34-19-10-6-16(13-28)7-11-19)20-4-3-5-21-23(25(26(30)31)29-24(20)21)17-8-9-18(22(27)12-17)14-35(2,32)33/h3-12,15,29H,13-14,28H2,1-2H3,(H,30,31). The fourth-order valence-corrected chi connectivity index (χ4v) is 4.94. The SMILES string of the molecule is CC(Oc1ccc(C[NH3+])cc1)c1cccc2c(-c3ccc(CS(C)(=O)=O)c(F)c3)c(C(=O)[O-])[nH]c12. The largest absolute Gasteiger partial charge is 0.543 e. The number of para-hydroxylation sites is 1. The number of quaternary nitrogens is 1. The smallest absolute Gasteiger partial charge is 0.151 e. The Balaban J connectivity index is 1.78. The van der Waals surface area contributed by atoms with Crippen molar-refractivity contribution in [3.05, 3.63) is 88.9 Å². The van der Waals surface area contributed by atoms with E-state index in [4.69, 9.17) is 4.74 Å². The highest BCUT2D eigenvalue weighted by molar-refractivity contribution is 7.89. The number of carbonyl (C=O) groups excluding carboxylic acids is 1. The third-order valence-electron chi connectivity index (χ3n) is 5.79. The molecule has 0 saturated heterocycles. The van der Waals surface area contributed by atoms with Crippen LogP contribution in [0.2, 0.25) is 0 Å². The van der Waals surface area contributed by atoms with E-state index in [1.54, 1.807) is 12.1 Å². The Morgan fingerprint density at radius 2 is 1.86 bits per heavy atom. The molecular formula is C26H25FN2O5S. The fraction of sp³-hybridized carbons (Fsp3) is 0.192. The molecule has 4 N–H and O–H groups in total. The number of aromatic carboxylic acids is 1. The first-order valence-corrected chi connectivity index (χ1v) is 13.0. The zero-order valence-electron chi connectivity index (χ0n) is 19.3. The molecule has 0 amide bonds. The van der Waals surface area contributed by atoms with Gasteiger partial charge in [-0.25, -0.2) is 12.8 Å². The molecule has 0 radical (unpaired) electrons. The van der Waals surface area contributed by atoms with E-state index in [0.717, 1.165) is 17.9 Å². The van der Waals surface area contributed by atoms with Gasteiger partial charge in [-0.3, -0.25) is 0 Å². The minimum Gasteiger partial charge on any atom is -0.543 e. The fourth-order valence-electron chi connectivity index (χ4n) is 4.14. The molecule has 0 aliphatic rings. The van der Waals surface area contributed by atoms with Crippen LogP contribution in [0.5, 0.6) is 5.75 Å². The quantitative estimate of drug-likeness (QED) is 0.388. The van der Waals surface area contributed by atoms with Gasteiger partial charge in [0.05, 0.1) is 29.5 Å². The lowest BCUT2D eigenvalue weighted by Gasteiger charge is -2.16. The van der Waals surface area contributed by atoms with Crippen LogP contribution in [-0.4, -0.2) is 25.6 Å². The summed E-state index contributed by atoms with van der Waals surface area (Å²) in [6.07, 6.45) is 0.591. The highest BCUT2D eigenvalue weighted by Gasteiger charge is 2.21. The number of rotatable bonds is 8. The molecule has 1 heterocycles. The molecule has 0 spiro atoms. The summed E-state index contributed by atoms with van der Waals surface area (Å²) in [4.78, 5) is 14.9. The molecule has 182 valence electrons. The Hall–Kier alpha value is -3.69. The molecule has 0 aliphatic carbocycles. The Kier molecular flexibility index (Phi) is 6.64. The number of H-pyrrole nitrogens is 1. The van der Waals surface area contributed by atoms with E-state index in [2.05, 4.69) is 10.7 Å². The summed E-state index contributed by atoms with van der Waals surface area (Å²) in [7, 11) is -3.43. The van der Waals surface area contributed by atoms with Crippen molar-refractivity contribution in [2.45, 2.75) is 25.3 Å². The van der Waals surface area contributed by atoms with Gasteiger partial charge in [0, 0.05) is 33.9 Å². The highest BCUT2D eigenvalue weighted by atomic mass is 32.2. The molecule has 0 aliphatic heterocycles. The lowest BCUT2D eigenvalue weighted by molar-refractivity contribution is -0.386. The molecule has 0 saturated carbocycles. The van der Waals surface area contributed by atoms with Gasteiger partial charge in [-0.2, -0.15) is 0 Å². The maximum atomic E-state index is 14.7. The number of aromatic nitrogens is 1. The Bertz CT molecular complexity index is 1510. The van der Waals surface area contributed by atoms with E-state index in [1.165, 1.54) is 12.1 Å². The van der Waals surface area contributed by atoms with Gasteiger partial charge < -0.3 is 25.4 Å². The maximum absolute atomic E-state index is 14.7. The number of nitrogens with one attached hydrogen (secondary N) is 1. The van der Waals surface area contributed by atoms with Crippen LogP contribution in [0.4, 0.5) is 4.39 Å². The van der Waals surface area contributed by atoms with Crippen LogP contribution in [0, 0.1) is 5.82 Å². The number of aromatic amines is 1. The summed E-state index contributed by atoms with van der Waals surface area (Å²) in [5.41, 5.74) is 6.55. The number of benzene rings is 3. The maximum Gasteiger partial charge on any atom is 0.151 e. The van der Waals surface area contributed by atoms with Crippen LogP contribution in [0.25, 0.3) is 22.0 Å². The second-order valence-electron chi connectivity index (χ2n) is 8.46. The summed E-state index contributed by atoms with van der Waals surface area (Å²) in [6, 6.07) is 16.9. The normalized spacial score (nSPS) is 12.6. The molecule has 0 bridgehead atoms. The number of carboxylic acids is 1. The average molecular weight is 497 g/mol. The summed E-state index contributed by atoms with van der Waals surface area (Å²) in [6.45, 7) is 2.52. The third kappa shape index (κ3) is 5.21. The Morgan fingerprint density at radius 3 is 2.46 bits per heavy atom. The first-order valence-electron chi connectivity index (χ1n) is 10.9. The lowest BCUT2D eigenvalue weighted by Crippen LogP contribution is -2.47. The minimum atomic E-state index is -3.43. The summed E-state index contributed by atoms with van der Waals surface area (Å²) >= 11 is 0. The van der Waals surface area contributed by atoms with Gasteiger partial charge in [0.15, 0.2) is 9.84 Å². The number of carbonyl (C=O) groups is 1. The first-order chi connectivity index (χ1) is 16.6. The van der Waals surface area contributed by atoms with Crippen molar-refractivity contribution in [3.8, 4) is 16.9 Å². The number of carboxylic acid groups (broad SMARTS) is 1. The molecule has 1 aromatic heterocycles. The molecule has 0 fully saturated rings. The average Bonchev–Trinajstić information content (AvgIpc) is 3.20. The molecule has 1 atom stereocenters. The molecular weight excluding hydrogens is 471 g/mol. The molecule has 35 heavy (non-hydrogen) atoms. The minimum absolute atomic E-state index is 0.0127. The number of ether oxygens (including phenoxy) is 1. The van der Waals surface area contributed by atoms with Crippen molar-refractivity contribution in [2.75, 3.05) is 6.26 Å². The van der Waals surface area contributed by atoms with E-state index in [1.807, 2.05) is 37.3 Å². The van der Waals surface area contributed by atoms with Crippen LogP contribution in [-0.2, 0) is 22.1 Å². The van der Waals surface area contributed by atoms with Gasteiger partial charge >= 0.3 is 0 Å². The first kappa shape index (κ1) is 24.4. The highest BCUT2D eigenvalue weighted by Crippen LogP contribution is 2.37. The predicted molar refractivity (Wildman–Crippen MR) is 129 cm³/mol. The molecule has 9 heteroatoms. The monoisotopic (exact) mass is 496 g/mol. The van der Waals surface area contributed by atoms with Crippen LogP contribution >= 0.6 is 0 Å². The van der Waals surface area contributed by atoms with E-state index in [0.29, 0.717) is 34.3 Å². The second kappa shape index (κ2) is 9.52. The van der Waals surface area contributed by atoms with Gasteiger partial charge in [-0.1, -0.05) is 30.3 Å². The van der Waals surface area contributed by atoms with Crippen molar-refractivity contribution >= 4 is 26.7 Å². The molecule has 4 aromatic rings. The topological polar surface area (TPSA) is 127 Å². The Morgan fingerprint density at radius 1 is 1.14 bits per heavy atom. The number of sulfone groups is 1. The van der Waals surface area contributed by atoms with Crippen molar-refractivity contribution < 1.29 is 33.2 Å². The lowest BCUT2D eigenvalue weighted by atomic mass is 9.98. The van der Waals surface area contributed by atoms with Crippen LogP contribution in [0.15, 0.2) is 60.7 Å². The number of halogens is 1. The van der Waals surface area contributed by atoms with Crippen molar-refractivity contribution in [3.63, 3.8) is 0 Å². The number of fused-ring (bicyclic) bond motifs is 1. The molecule has 3 aromatic carbocycles. The van der Waals surface area contributed by atoms with Gasteiger partial charge in [-0.15, -0.1) is 0 Å². The second-order valence-corrected chi connectivity index (χ2v) is 10.6. The zero-order chi connectivity index (χ0) is 25.3. The zero-order valence-corrected chi connectivity index (χ0v) is 20.1. The van der Waals surface area contributed by atoms with Gasteiger partial charge in [0.25, 0.3) is 0 Å². The molecule has 1 unspecified atom stereocenters. The van der Waals surface area contributed by atoms with Gasteiger partial charge in [0.2, 0.25) is 0 Å². The van der Waals surface area contributed by atoms with E-state index < -0.39 is 33.5 Å². The predicted octanol–water partition coefficient (Wildman–Crippen LogP) is 2.76. The van der Waals surface area contributed by atoms with Gasteiger partial charge in [0.1, 0.15) is 17.7 Å². The van der Waals surface area contributed by atoms with Crippen LogP contribution in [0.1, 0.15) is 40.2 Å². The van der Waals surface area contributed by atoms with Crippen LogP contribution in [0.3, 0.4) is 0 Å². The van der Waals surface area contributed by atoms with E-state index >= 15 is 0 Å². The van der Waals surface area contributed by atoms with Crippen molar-refractivity contribution in [1.82, 2.24) is 4.98 Å². The summed E-state index contributed by atoms with van der Waals surface area (Å²) in [5.74, 6) is -1.97. The van der Waals surface area contributed by atoms with Gasteiger partial charge in [-0.05, 0) is 42.8 Å². The van der Waals surface area contributed by atoms with Crippen LogP contribution < -0.4 is 15.6 Å². The number of hydrogen-bond acceptors (Lipinski definition) is 5. The number of hydrogen-bond donors (Lipinski definition) is 2. The molecule has 4 rings (SSSR count). The van der Waals surface area contributed by atoms with Crippen molar-refractivity contribution in [1.29, 1.82) is 0 Å². The Labute approximate surface area is 202 Å².